The number of nitrogens with zero attached hydrogens (tertiary/aromatic N) is 1. The van der Waals surface area contributed by atoms with Crippen molar-refractivity contribution in [1.29, 1.82) is 10.7 Å². The molecule has 0 aliphatic heterocycles. The summed E-state index contributed by atoms with van der Waals surface area (Å²) < 4.78 is 0. The zero-order valence-corrected chi connectivity index (χ0v) is 8.72. The molecule has 72 valence electrons. The summed E-state index contributed by atoms with van der Waals surface area (Å²) in [7, 11) is 0. The first kappa shape index (κ1) is 10.2. The first-order valence-electron chi connectivity index (χ1n) is 4.83. The average Bonchev–Trinajstić information content (AvgIpc) is 2.01. The van der Waals surface area contributed by atoms with Crippen molar-refractivity contribution < 1.29 is 0 Å². The maximum Gasteiger partial charge on any atom is 0.0687 e. The molecule has 0 radical (unpaired) electrons. The van der Waals surface area contributed by atoms with Gasteiger partial charge < -0.3 is 5.41 Å². The molecule has 1 aliphatic rings. The number of hydrogen-bond donors (Lipinski definition) is 1. The molecule has 0 heterocycles. The Kier molecular flexibility index (Phi) is 2.47. The molecule has 0 saturated heterocycles. The van der Waals surface area contributed by atoms with Crippen molar-refractivity contribution in [2.75, 3.05) is 0 Å². The van der Waals surface area contributed by atoms with Gasteiger partial charge in [-0.25, -0.2) is 0 Å². The van der Waals surface area contributed by atoms with E-state index in [0.29, 0.717) is 5.92 Å². The highest BCUT2D eigenvalue weighted by Gasteiger charge is 2.40. The van der Waals surface area contributed by atoms with Crippen molar-refractivity contribution in [2.45, 2.75) is 40.0 Å². The molecule has 1 saturated carbocycles. The van der Waals surface area contributed by atoms with Crippen molar-refractivity contribution in [3.8, 4) is 6.07 Å². The van der Waals surface area contributed by atoms with Gasteiger partial charge in [0.1, 0.15) is 0 Å². The fraction of sp³-hybridized carbons (Fsp3) is 0.818. The first-order chi connectivity index (χ1) is 5.91. The fourth-order valence-electron chi connectivity index (χ4n) is 2.76. The van der Waals surface area contributed by atoms with Gasteiger partial charge in [0, 0.05) is 0 Å². The van der Waals surface area contributed by atoms with E-state index in [9.17, 15) is 0 Å². The van der Waals surface area contributed by atoms with E-state index in [-0.39, 0.29) is 10.8 Å². The van der Waals surface area contributed by atoms with Gasteiger partial charge in [0.05, 0.1) is 11.5 Å². The quantitative estimate of drug-likeness (QED) is 0.616. The molecule has 13 heavy (non-hydrogen) atoms. The molecule has 2 heteroatoms. The van der Waals surface area contributed by atoms with E-state index in [2.05, 4.69) is 19.9 Å². The molecule has 1 N–H and O–H groups in total. The summed E-state index contributed by atoms with van der Waals surface area (Å²) in [5.74, 6) is 0.299. The van der Waals surface area contributed by atoms with Crippen LogP contribution < -0.4 is 0 Å². The lowest BCUT2D eigenvalue weighted by Crippen LogP contribution is -2.35. The number of hydrogen-bond acceptors (Lipinski definition) is 2. The van der Waals surface area contributed by atoms with Crippen LogP contribution in [0.1, 0.15) is 40.0 Å². The fourth-order valence-corrected chi connectivity index (χ4v) is 2.76. The average molecular weight is 178 g/mol. The lowest BCUT2D eigenvalue weighted by atomic mass is 9.61. The third-order valence-corrected chi connectivity index (χ3v) is 2.90. The van der Waals surface area contributed by atoms with E-state index in [4.69, 9.17) is 10.7 Å². The predicted octanol–water partition coefficient (Wildman–Crippen LogP) is 2.99. The van der Waals surface area contributed by atoms with Crippen molar-refractivity contribution in [3.05, 3.63) is 0 Å². The van der Waals surface area contributed by atoms with E-state index in [0.717, 1.165) is 19.3 Å². The molecular weight excluding hydrogens is 160 g/mol. The van der Waals surface area contributed by atoms with E-state index < -0.39 is 0 Å². The standard InChI is InChI=1S/C11H18N2/c1-10(2)4-9(6-12)5-11(3,7-10)8-13/h6,9,12H,4-5,7H2,1-3H3. The summed E-state index contributed by atoms with van der Waals surface area (Å²) in [6.07, 6.45) is 4.38. The summed E-state index contributed by atoms with van der Waals surface area (Å²) >= 11 is 0. The molecule has 0 bridgehead atoms. The van der Waals surface area contributed by atoms with Gasteiger partial charge in [0.2, 0.25) is 0 Å². The van der Waals surface area contributed by atoms with Crippen LogP contribution >= 0.6 is 0 Å². The van der Waals surface area contributed by atoms with Gasteiger partial charge in [-0.2, -0.15) is 5.26 Å². The summed E-state index contributed by atoms with van der Waals surface area (Å²) in [5, 5.41) is 16.4. The lowest BCUT2D eigenvalue weighted by Gasteiger charge is -2.41. The Bertz CT molecular complexity index is 249. The van der Waals surface area contributed by atoms with Gasteiger partial charge in [-0.3, -0.25) is 0 Å². The minimum Gasteiger partial charge on any atom is -0.313 e. The van der Waals surface area contributed by atoms with Crippen LogP contribution in [0.25, 0.3) is 0 Å². The number of nitrogens with one attached hydrogen (secondary N) is 1. The zero-order chi connectivity index (χ0) is 10.1. The number of rotatable bonds is 1. The predicted molar refractivity (Wildman–Crippen MR) is 53.6 cm³/mol. The second kappa shape index (κ2) is 3.14. The molecule has 0 spiro atoms. The van der Waals surface area contributed by atoms with Crippen molar-refractivity contribution in [1.82, 2.24) is 0 Å². The van der Waals surface area contributed by atoms with Crippen molar-refractivity contribution in [2.24, 2.45) is 16.7 Å². The van der Waals surface area contributed by atoms with E-state index >= 15 is 0 Å². The smallest absolute Gasteiger partial charge is 0.0687 e. The minimum absolute atomic E-state index is 0.213. The monoisotopic (exact) mass is 178 g/mol. The van der Waals surface area contributed by atoms with Gasteiger partial charge in [-0.05, 0) is 43.7 Å². The van der Waals surface area contributed by atoms with Crippen LogP contribution in [0.2, 0.25) is 0 Å². The highest BCUT2D eigenvalue weighted by atomic mass is 14.5. The molecule has 2 unspecified atom stereocenters. The van der Waals surface area contributed by atoms with Crippen molar-refractivity contribution in [3.63, 3.8) is 0 Å². The van der Waals surface area contributed by atoms with Crippen LogP contribution in [0.5, 0.6) is 0 Å². The topological polar surface area (TPSA) is 47.6 Å². The molecule has 0 amide bonds. The molecule has 2 nitrogen and oxygen atoms in total. The van der Waals surface area contributed by atoms with Gasteiger partial charge in [0.15, 0.2) is 0 Å². The third-order valence-electron chi connectivity index (χ3n) is 2.90. The summed E-state index contributed by atoms with van der Waals surface area (Å²) in [6.45, 7) is 6.40. The van der Waals surface area contributed by atoms with E-state index in [1.165, 1.54) is 6.21 Å². The first-order valence-corrected chi connectivity index (χ1v) is 4.83. The Morgan fingerprint density at radius 1 is 1.38 bits per heavy atom. The molecular formula is C11H18N2. The highest BCUT2D eigenvalue weighted by molar-refractivity contribution is 5.57. The Hall–Kier alpha value is -0.840. The maximum atomic E-state index is 9.07. The van der Waals surface area contributed by atoms with Gasteiger partial charge in [-0.15, -0.1) is 0 Å². The Labute approximate surface area is 80.5 Å². The minimum atomic E-state index is -0.218. The molecule has 2 atom stereocenters. The second-order valence-corrected chi connectivity index (χ2v) is 5.35. The summed E-state index contributed by atoms with van der Waals surface area (Å²) in [5.41, 5.74) is -0.00505. The third kappa shape index (κ3) is 2.30. The molecule has 1 aliphatic carbocycles. The summed E-state index contributed by atoms with van der Waals surface area (Å²) in [6, 6.07) is 2.40. The highest BCUT2D eigenvalue weighted by Crippen LogP contribution is 2.47. The Balaban J connectivity index is 2.84. The van der Waals surface area contributed by atoms with Crippen LogP contribution in [0.3, 0.4) is 0 Å². The lowest BCUT2D eigenvalue weighted by molar-refractivity contribution is 0.121. The van der Waals surface area contributed by atoms with Crippen LogP contribution in [0.4, 0.5) is 0 Å². The Morgan fingerprint density at radius 3 is 2.46 bits per heavy atom. The van der Waals surface area contributed by atoms with E-state index in [1.807, 2.05) is 6.92 Å². The van der Waals surface area contributed by atoms with Crippen LogP contribution in [0.15, 0.2) is 0 Å². The normalized spacial score (nSPS) is 37.8. The zero-order valence-electron chi connectivity index (χ0n) is 8.72. The molecule has 0 aromatic heterocycles. The second-order valence-electron chi connectivity index (χ2n) is 5.35. The van der Waals surface area contributed by atoms with Gasteiger partial charge >= 0.3 is 0 Å². The molecule has 1 fully saturated rings. The van der Waals surface area contributed by atoms with Crippen LogP contribution in [0, 0.1) is 33.5 Å². The number of nitriles is 1. The van der Waals surface area contributed by atoms with Gasteiger partial charge in [-0.1, -0.05) is 13.8 Å². The maximum absolute atomic E-state index is 9.07. The van der Waals surface area contributed by atoms with Crippen molar-refractivity contribution >= 4 is 6.21 Å². The summed E-state index contributed by atoms with van der Waals surface area (Å²) in [4.78, 5) is 0. The molecule has 0 aromatic rings. The van der Waals surface area contributed by atoms with Crippen LogP contribution in [-0.4, -0.2) is 6.21 Å². The molecule has 1 rings (SSSR count). The van der Waals surface area contributed by atoms with E-state index in [1.54, 1.807) is 0 Å². The largest absolute Gasteiger partial charge is 0.313 e. The Morgan fingerprint density at radius 2 is 2.00 bits per heavy atom. The van der Waals surface area contributed by atoms with Gasteiger partial charge in [0.25, 0.3) is 0 Å². The molecule has 0 aromatic carbocycles. The SMILES string of the molecule is CC1(C)CC(C=N)CC(C)(C#N)C1. The van der Waals surface area contributed by atoms with Crippen LogP contribution in [-0.2, 0) is 0 Å².